The highest BCUT2D eigenvalue weighted by molar-refractivity contribution is 6.03. The number of alkyl halides is 1. The highest BCUT2D eigenvalue weighted by Gasteiger charge is 2.51. The van der Waals surface area contributed by atoms with Crippen LogP contribution < -0.4 is 21.7 Å². The van der Waals surface area contributed by atoms with Crippen molar-refractivity contribution in [2.75, 3.05) is 83.5 Å². The lowest BCUT2D eigenvalue weighted by Gasteiger charge is -2.45. The summed E-state index contributed by atoms with van der Waals surface area (Å²) in [6.45, 7) is 9.33. The normalized spacial score (nSPS) is 32.1. The Labute approximate surface area is 230 Å². The van der Waals surface area contributed by atoms with E-state index in [4.69, 9.17) is 5.73 Å². The highest BCUT2D eigenvalue weighted by atomic mass is 19.1. The third-order valence-corrected chi connectivity index (χ3v) is 9.89. The number of anilines is 2. The molecule has 4 fully saturated rings. The Bertz CT molecular complexity index is 1080. The summed E-state index contributed by atoms with van der Waals surface area (Å²) in [7, 11) is 2.18. The number of aromatic nitrogens is 2. The number of nitrogen functional groups attached to an aromatic ring is 1. The molecule has 0 bridgehead atoms. The molecule has 5 aliphatic rings. The van der Waals surface area contributed by atoms with Gasteiger partial charge in [-0.25, -0.2) is 9.07 Å². The summed E-state index contributed by atoms with van der Waals surface area (Å²) in [6, 6.07) is 1.74. The van der Waals surface area contributed by atoms with Gasteiger partial charge < -0.3 is 31.5 Å². The van der Waals surface area contributed by atoms with Crippen LogP contribution in [0.3, 0.4) is 0 Å². The number of nitrogens with one attached hydrogen (secondary N) is 3. The zero-order valence-electron chi connectivity index (χ0n) is 23.0. The largest absolute Gasteiger partial charge is 0.381 e. The number of fused-ring (bicyclic) bond motifs is 1. The van der Waals surface area contributed by atoms with Gasteiger partial charge in [-0.1, -0.05) is 0 Å². The van der Waals surface area contributed by atoms with Gasteiger partial charge in [-0.2, -0.15) is 10.4 Å². The highest BCUT2D eigenvalue weighted by Crippen LogP contribution is 2.53. The van der Waals surface area contributed by atoms with Crippen molar-refractivity contribution in [1.82, 2.24) is 35.1 Å². The number of rotatable bonds is 6. The molecule has 5 N–H and O–H groups in total. The Balaban J connectivity index is 1.08. The predicted octanol–water partition coefficient (Wildman–Crippen LogP) is 0.178. The average Bonchev–Trinajstić information content (AvgIpc) is 3.66. The van der Waals surface area contributed by atoms with Crippen LogP contribution in [0.1, 0.15) is 36.0 Å². The number of nitriles is 1. The number of nitrogens with two attached hydrogens (primary N) is 1. The van der Waals surface area contributed by atoms with Gasteiger partial charge in [0, 0.05) is 64.8 Å². The Morgan fingerprint density at radius 3 is 2.62 bits per heavy atom. The molecule has 1 aliphatic carbocycles. The summed E-state index contributed by atoms with van der Waals surface area (Å²) in [4.78, 5) is 20.7. The van der Waals surface area contributed by atoms with Crippen LogP contribution >= 0.6 is 0 Å². The van der Waals surface area contributed by atoms with Crippen LogP contribution in [0.2, 0.25) is 0 Å². The van der Waals surface area contributed by atoms with Crippen molar-refractivity contribution < 1.29 is 9.18 Å². The van der Waals surface area contributed by atoms with E-state index in [0.29, 0.717) is 43.5 Å². The van der Waals surface area contributed by atoms with Gasteiger partial charge in [-0.05, 0) is 51.7 Å². The SMILES string of the molecule is CN1CCN(CC2CCN(C3C(F)CNCC3NC(=O)c3c(N)nn4c3NCC(C3(C#N)CC3)C4)CC2)CC1. The third kappa shape index (κ3) is 5.34. The fourth-order valence-corrected chi connectivity index (χ4v) is 7.19. The first kappa shape index (κ1) is 26.7. The number of halogens is 1. The number of carbonyl (C=O) groups is 1. The Morgan fingerprint density at radius 2 is 1.92 bits per heavy atom. The van der Waals surface area contributed by atoms with Crippen molar-refractivity contribution in [3.05, 3.63) is 5.56 Å². The number of piperidine rings is 2. The maximum atomic E-state index is 15.4. The first-order chi connectivity index (χ1) is 18.9. The van der Waals surface area contributed by atoms with Crippen molar-refractivity contribution in [3.63, 3.8) is 0 Å². The number of amides is 1. The van der Waals surface area contributed by atoms with Gasteiger partial charge in [0.25, 0.3) is 5.91 Å². The summed E-state index contributed by atoms with van der Waals surface area (Å²) in [5.74, 6) is 1.22. The van der Waals surface area contributed by atoms with Crippen LogP contribution in [0.25, 0.3) is 0 Å². The van der Waals surface area contributed by atoms with Gasteiger partial charge >= 0.3 is 0 Å². The molecule has 1 aromatic heterocycles. The zero-order valence-corrected chi connectivity index (χ0v) is 23.0. The van der Waals surface area contributed by atoms with Crippen molar-refractivity contribution in [2.45, 2.75) is 50.5 Å². The summed E-state index contributed by atoms with van der Waals surface area (Å²) in [5, 5.41) is 23.6. The Kier molecular flexibility index (Phi) is 7.43. The topological polar surface area (TPSA) is 131 Å². The van der Waals surface area contributed by atoms with Crippen molar-refractivity contribution in [2.24, 2.45) is 17.3 Å². The summed E-state index contributed by atoms with van der Waals surface area (Å²) in [6.07, 6.45) is 2.87. The molecule has 4 atom stereocenters. The number of carbonyl (C=O) groups excluding carboxylic acids is 1. The lowest BCUT2D eigenvalue weighted by molar-refractivity contribution is 0.0263. The van der Waals surface area contributed by atoms with Gasteiger partial charge in [0.15, 0.2) is 5.82 Å². The summed E-state index contributed by atoms with van der Waals surface area (Å²) >= 11 is 0. The van der Waals surface area contributed by atoms with Crippen LogP contribution in [0.15, 0.2) is 0 Å². The summed E-state index contributed by atoms with van der Waals surface area (Å²) in [5.41, 5.74) is 6.26. The second-order valence-electron chi connectivity index (χ2n) is 12.5. The maximum absolute atomic E-state index is 15.4. The minimum atomic E-state index is -1.06. The number of piperazine rings is 1. The molecule has 0 radical (unpaired) electrons. The van der Waals surface area contributed by atoms with Gasteiger partial charge in [0.2, 0.25) is 0 Å². The van der Waals surface area contributed by atoms with Gasteiger partial charge in [-0.3, -0.25) is 9.69 Å². The number of likely N-dealkylation sites (N-methyl/N-ethyl adjacent to an activating group) is 1. The first-order valence-electron chi connectivity index (χ1n) is 14.7. The second kappa shape index (κ2) is 10.8. The molecular weight excluding hydrogens is 499 g/mol. The van der Waals surface area contributed by atoms with E-state index < -0.39 is 6.17 Å². The first-order valence-corrected chi connectivity index (χ1v) is 14.7. The van der Waals surface area contributed by atoms with E-state index >= 15 is 4.39 Å². The van der Waals surface area contributed by atoms with Crippen LogP contribution in [-0.4, -0.2) is 121 Å². The zero-order chi connectivity index (χ0) is 27.1. The second-order valence-corrected chi connectivity index (χ2v) is 12.5. The Morgan fingerprint density at radius 1 is 1.18 bits per heavy atom. The minimum Gasteiger partial charge on any atom is -0.381 e. The van der Waals surface area contributed by atoms with E-state index in [9.17, 15) is 10.1 Å². The number of hydrogen-bond acceptors (Lipinski definition) is 9. The van der Waals surface area contributed by atoms with Crippen LogP contribution in [0.5, 0.6) is 0 Å². The fourth-order valence-electron chi connectivity index (χ4n) is 7.19. The van der Waals surface area contributed by atoms with E-state index in [1.165, 1.54) is 0 Å². The number of likely N-dealkylation sites (tertiary alicyclic amines) is 1. The quantitative estimate of drug-likeness (QED) is 0.398. The molecule has 3 saturated heterocycles. The fraction of sp³-hybridized carbons (Fsp3) is 0.815. The third-order valence-electron chi connectivity index (χ3n) is 9.89. The van der Waals surface area contributed by atoms with E-state index in [-0.39, 0.29) is 35.1 Å². The molecule has 12 heteroatoms. The van der Waals surface area contributed by atoms with Gasteiger partial charge in [-0.15, -0.1) is 0 Å². The molecule has 1 amide bonds. The van der Waals surface area contributed by atoms with E-state index in [1.54, 1.807) is 4.68 Å². The Hall–Kier alpha value is -2.46. The van der Waals surface area contributed by atoms with Gasteiger partial charge in [0.1, 0.15) is 17.6 Å². The maximum Gasteiger partial charge on any atom is 0.259 e. The molecule has 4 unspecified atom stereocenters. The van der Waals surface area contributed by atoms with E-state index in [0.717, 1.165) is 71.5 Å². The number of nitrogens with zero attached hydrogens (tertiary/aromatic N) is 6. The molecule has 0 spiro atoms. The van der Waals surface area contributed by atoms with Crippen molar-refractivity contribution in [1.29, 1.82) is 5.26 Å². The average molecular weight is 543 g/mol. The lowest BCUT2D eigenvalue weighted by atomic mass is 9.89. The van der Waals surface area contributed by atoms with Crippen molar-refractivity contribution in [3.8, 4) is 6.07 Å². The lowest BCUT2D eigenvalue weighted by Crippen LogP contribution is -2.65. The molecule has 1 aromatic rings. The van der Waals surface area contributed by atoms with Crippen LogP contribution in [-0.2, 0) is 6.54 Å². The van der Waals surface area contributed by atoms with E-state index in [2.05, 4.69) is 48.9 Å². The standard InChI is InChI=1S/C27H43FN10O/c1-35-8-10-36(11-9-35)15-18-2-6-37(7-3-18)23-20(28)13-31-14-21(23)33-26(39)22-24(30)34-38-16-19(12-32-25(22)38)27(17-29)4-5-27/h18-21,23,31-32H,2-16H2,1H3,(H2,30,34)(H,33,39). The molecule has 11 nitrogen and oxygen atoms in total. The van der Waals surface area contributed by atoms with E-state index in [1.807, 2.05) is 0 Å². The molecule has 6 rings (SSSR count). The van der Waals surface area contributed by atoms with Crippen LogP contribution in [0, 0.1) is 28.6 Å². The smallest absolute Gasteiger partial charge is 0.259 e. The minimum absolute atomic E-state index is 0.142. The predicted molar refractivity (Wildman–Crippen MR) is 147 cm³/mol. The molecule has 4 aliphatic heterocycles. The number of hydrogen-bond donors (Lipinski definition) is 4. The molecule has 1 saturated carbocycles. The van der Waals surface area contributed by atoms with Gasteiger partial charge in [0.05, 0.1) is 23.6 Å². The monoisotopic (exact) mass is 542 g/mol. The summed E-state index contributed by atoms with van der Waals surface area (Å²) < 4.78 is 17.1. The molecular formula is C27H43FN10O. The van der Waals surface area contributed by atoms with Crippen LogP contribution in [0.4, 0.5) is 16.0 Å². The molecule has 214 valence electrons. The molecule has 0 aromatic carbocycles. The molecule has 5 heterocycles. The molecule has 39 heavy (non-hydrogen) atoms. The van der Waals surface area contributed by atoms with Crippen molar-refractivity contribution >= 4 is 17.5 Å².